The lowest BCUT2D eigenvalue weighted by Gasteiger charge is -2.29. The third-order valence-corrected chi connectivity index (χ3v) is 3.11. The molecule has 1 fully saturated rings. The van der Waals surface area contributed by atoms with Gasteiger partial charge in [0.2, 0.25) is 5.13 Å². The summed E-state index contributed by atoms with van der Waals surface area (Å²) in [5.41, 5.74) is 5.88. The highest BCUT2D eigenvalue weighted by Gasteiger charge is 2.19. The monoisotopic (exact) mass is 198 g/mol. The maximum absolute atomic E-state index is 5.88. The normalized spacial score (nSPS) is 23.5. The molecule has 2 N–H and O–H groups in total. The molecule has 2 heterocycles. The fraction of sp³-hybridized carbons (Fsp3) is 0.750. The van der Waals surface area contributed by atoms with Gasteiger partial charge < -0.3 is 10.6 Å². The number of hydrogen-bond acceptors (Lipinski definition) is 5. The molecular weight excluding hydrogens is 184 g/mol. The van der Waals surface area contributed by atoms with Crippen molar-refractivity contribution in [3.05, 3.63) is 5.82 Å². The summed E-state index contributed by atoms with van der Waals surface area (Å²) in [4.78, 5) is 6.58. The van der Waals surface area contributed by atoms with Crippen LogP contribution in [-0.2, 0) is 0 Å². The summed E-state index contributed by atoms with van der Waals surface area (Å²) in [6.45, 7) is 3.92. The molecule has 72 valence electrons. The molecule has 1 aliphatic rings. The SMILES string of the molecule is Cc1nsc(N2CCCC(N)C2)n1. The van der Waals surface area contributed by atoms with Gasteiger partial charge in [-0.3, -0.25) is 0 Å². The predicted molar refractivity (Wildman–Crippen MR) is 54.1 cm³/mol. The Kier molecular flexibility index (Phi) is 2.46. The first-order valence-electron chi connectivity index (χ1n) is 4.56. The lowest BCUT2D eigenvalue weighted by Crippen LogP contribution is -2.42. The van der Waals surface area contributed by atoms with Crippen LogP contribution in [0.15, 0.2) is 0 Å². The number of aryl methyl sites for hydroxylation is 1. The van der Waals surface area contributed by atoms with Crippen LogP contribution in [0.2, 0.25) is 0 Å². The van der Waals surface area contributed by atoms with Gasteiger partial charge in [0.05, 0.1) is 0 Å². The zero-order valence-corrected chi connectivity index (χ0v) is 8.55. The van der Waals surface area contributed by atoms with Crippen molar-refractivity contribution in [1.82, 2.24) is 9.36 Å². The molecule has 1 atom stereocenters. The molecule has 5 heteroatoms. The van der Waals surface area contributed by atoms with Crippen molar-refractivity contribution < 1.29 is 0 Å². The Morgan fingerprint density at radius 3 is 3.08 bits per heavy atom. The van der Waals surface area contributed by atoms with Gasteiger partial charge in [-0.1, -0.05) is 0 Å². The van der Waals surface area contributed by atoms with Crippen molar-refractivity contribution in [2.45, 2.75) is 25.8 Å². The molecule has 1 unspecified atom stereocenters. The molecule has 1 aromatic heterocycles. The molecule has 0 aliphatic carbocycles. The first-order valence-corrected chi connectivity index (χ1v) is 5.34. The average Bonchev–Trinajstić information content (AvgIpc) is 2.52. The molecular formula is C8H14N4S. The van der Waals surface area contributed by atoms with E-state index in [-0.39, 0.29) is 0 Å². The third kappa shape index (κ3) is 1.97. The number of aromatic nitrogens is 2. The summed E-state index contributed by atoms with van der Waals surface area (Å²) in [7, 11) is 0. The minimum absolute atomic E-state index is 0.304. The largest absolute Gasteiger partial charge is 0.345 e. The van der Waals surface area contributed by atoms with Gasteiger partial charge in [0, 0.05) is 30.7 Å². The lowest BCUT2D eigenvalue weighted by atomic mass is 10.1. The Hall–Kier alpha value is -0.680. The molecule has 1 saturated heterocycles. The molecule has 1 aromatic rings. The summed E-state index contributed by atoms with van der Waals surface area (Å²) in [5, 5.41) is 1.02. The van der Waals surface area contributed by atoms with Crippen LogP contribution in [0.1, 0.15) is 18.7 Å². The summed E-state index contributed by atoms with van der Waals surface area (Å²) in [6.07, 6.45) is 2.30. The molecule has 4 nitrogen and oxygen atoms in total. The Morgan fingerprint density at radius 2 is 2.46 bits per heavy atom. The predicted octanol–water partition coefficient (Wildman–Crippen LogP) is 0.774. The number of hydrogen-bond donors (Lipinski definition) is 1. The second kappa shape index (κ2) is 3.59. The van der Waals surface area contributed by atoms with E-state index in [0.29, 0.717) is 6.04 Å². The molecule has 0 aromatic carbocycles. The fourth-order valence-corrected chi connectivity index (χ4v) is 2.31. The molecule has 0 bridgehead atoms. The molecule has 1 aliphatic heterocycles. The maximum Gasteiger partial charge on any atom is 0.205 e. The topological polar surface area (TPSA) is 55.0 Å². The van der Waals surface area contributed by atoms with Crippen molar-refractivity contribution >= 4 is 16.7 Å². The van der Waals surface area contributed by atoms with Crippen molar-refractivity contribution in [1.29, 1.82) is 0 Å². The second-order valence-electron chi connectivity index (χ2n) is 3.47. The first kappa shape index (κ1) is 8.90. The molecule has 0 amide bonds. The number of nitrogens with zero attached hydrogens (tertiary/aromatic N) is 3. The minimum atomic E-state index is 0.304. The van der Waals surface area contributed by atoms with Crippen LogP contribution in [-0.4, -0.2) is 28.5 Å². The standard InChI is InChI=1S/C8H14N4S/c1-6-10-8(13-11-6)12-4-2-3-7(9)5-12/h7H,2-5,9H2,1H3. The highest BCUT2D eigenvalue weighted by Crippen LogP contribution is 2.20. The van der Waals surface area contributed by atoms with Gasteiger partial charge in [-0.2, -0.15) is 4.37 Å². The molecule has 13 heavy (non-hydrogen) atoms. The quantitative estimate of drug-likeness (QED) is 0.724. The highest BCUT2D eigenvalue weighted by atomic mass is 32.1. The van der Waals surface area contributed by atoms with Gasteiger partial charge in [-0.05, 0) is 19.8 Å². The van der Waals surface area contributed by atoms with E-state index in [1.807, 2.05) is 6.92 Å². The summed E-state index contributed by atoms with van der Waals surface area (Å²) < 4.78 is 4.16. The number of anilines is 1. The molecule has 0 radical (unpaired) electrons. The van der Waals surface area contributed by atoms with Crippen molar-refractivity contribution in [2.75, 3.05) is 18.0 Å². The van der Waals surface area contributed by atoms with Crippen LogP contribution in [0, 0.1) is 6.92 Å². The van der Waals surface area contributed by atoms with E-state index in [1.54, 1.807) is 0 Å². The second-order valence-corrected chi connectivity index (χ2v) is 4.20. The van der Waals surface area contributed by atoms with E-state index in [2.05, 4.69) is 14.3 Å². The van der Waals surface area contributed by atoms with Gasteiger partial charge in [0.25, 0.3) is 0 Å². The smallest absolute Gasteiger partial charge is 0.205 e. The van der Waals surface area contributed by atoms with Gasteiger partial charge in [-0.15, -0.1) is 0 Å². The van der Waals surface area contributed by atoms with Crippen LogP contribution >= 0.6 is 11.5 Å². The van der Waals surface area contributed by atoms with Crippen LogP contribution in [0.5, 0.6) is 0 Å². The molecule has 2 rings (SSSR count). The number of piperidine rings is 1. The van der Waals surface area contributed by atoms with E-state index >= 15 is 0 Å². The maximum atomic E-state index is 5.88. The number of nitrogens with two attached hydrogens (primary N) is 1. The average molecular weight is 198 g/mol. The Balaban J connectivity index is 2.08. The summed E-state index contributed by atoms with van der Waals surface area (Å²) in [6, 6.07) is 0.304. The van der Waals surface area contributed by atoms with Crippen LogP contribution in [0.3, 0.4) is 0 Å². The van der Waals surface area contributed by atoms with Crippen molar-refractivity contribution in [3.8, 4) is 0 Å². The van der Waals surface area contributed by atoms with E-state index < -0.39 is 0 Å². The van der Waals surface area contributed by atoms with E-state index in [4.69, 9.17) is 5.73 Å². The van der Waals surface area contributed by atoms with E-state index in [1.165, 1.54) is 18.0 Å². The van der Waals surface area contributed by atoms with Crippen LogP contribution in [0.4, 0.5) is 5.13 Å². The third-order valence-electron chi connectivity index (χ3n) is 2.25. The van der Waals surface area contributed by atoms with E-state index in [9.17, 15) is 0 Å². The Labute approximate surface area is 81.9 Å². The lowest BCUT2D eigenvalue weighted by molar-refractivity contribution is 0.505. The van der Waals surface area contributed by atoms with Crippen molar-refractivity contribution in [3.63, 3.8) is 0 Å². The zero-order chi connectivity index (χ0) is 9.26. The first-order chi connectivity index (χ1) is 6.25. The van der Waals surface area contributed by atoms with Crippen LogP contribution < -0.4 is 10.6 Å². The summed E-state index contributed by atoms with van der Waals surface area (Å²) >= 11 is 1.47. The van der Waals surface area contributed by atoms with Gasteiger partial charge in [-0.25, -0.2) is 4.98 Å². The van der Waals surface area contributed by atoms with Gasteiger partial charge >= 0.3 is 0 Å². The Morgan fingerprint density at radius 1 is 1.62 bits per heavy atom. The summed E-state index contributed by atoms with van der Waals surface area (Å²) in [5.74, 6) is 0.860. The van der Waals surface area contributed by atoms with Crippen molar-refractivity contribution in [2.24, 2.45) is 5.73 Å². The van der Waals surface area contributed by atoms with Crippen LogP contribution in [0.25, 0.3) is 0 Å². The van der Waals surface area contributed by atoms with Gasteiger partial charge in [0.15, 0.2) is 0 Å². The minimum Gasteiger partial charge on any atom is -0.345 e. The molecule has 0 saturated carbocycles. The number of rotatable bonds is 1. The molecule has 0 spiro atoms. The van der Waals surface area contributed by atoms with Gasteiger partial charge in [0.1, 0.15) is 5.82 Å². The Bertz CT molecular complexity index is 285. The van der Waals surface area contributed by atoms with E-state index in [0.717, 1.165) is 30.5 Å². The zero-order valence-electron chi connectivity index (χ0n) is 7.73. The highest BCUT2D eigenvalue weighted by molar-refractivity contribution is 7.09. The fourth-order valence-electron chi connectivity index (χ4n) is 1.60.